The highest BCUT2D eigenvalue weighted by Crippen LogP contribution is 2.44. The molecule has 0 aliphatic rings. The topological polar surface area (TPSA) is 33.6 Å². The molecule has 0 unspecified atom stereocenters. The number of para-hydroxylation sites is 4. The van der Waals surface area contributed by atoms with Gasteiger partial charge < -0.3 is 9.13 Å². The Hall–Kier alpha value is -6.37. The average Bonchev–Trinajstić information content (AvgIpc) is 3.65. The van der Waals surface area contributed by atoms with Crippen LogP contribution in [0.3, 0.4) is 0 Å². The molecule has 3 nitrogen and oxygen atoms in total. The van der Waals surface area contributed by atoms with Gasteiger partial charge in [-0.25, -0.2) is 0 Å². The van der Waals surface area contributed by atoms with Gasteiger partial charge in [-0.3, -0.25) is 0 Å². The Kier molecular flexibility index (Phi) is 5.88. The second-order valence-corrected chi connectivity index (χ2v) is 11.6. The lowest BCUT2D eigenvalue weighted by molar-refractivity contribution is 1.18. The first-order valence-electron chi connectivity index (χ1n) is 15.5. The quantitative estimate of drug-likeness (QED) is 0.202. The number of hydrogen-bond donors (Lipinski definition) is 0. The van der Waals surface area contributed by atoms with Gasteiger partial charge in [-0.1, -0.05) is 109 Å². The molecule has 0 aliphatic heterocycles. The second kappa shape index (κ2) is 10.4. The third-order valence-corrected chi connectivity index (χ3v) is 9.17. The van der Waals surface area contributed by atoms with Crippen molar-refractivity contribution in [1.29, 1.82) is 5.26 Å². The van der Waals surface area contributed by atoms with E-state index in [1.807, 2.05) is 24.3 Å². The van der Waals surface area contributed by atoms with Crippen LogP contribution < -0.4 is 0 Å². The fourth-order valence-electron chi connectivity index (χ4n) is 7.24. The number of fused-ring (bicyclic) bond motifs is 6. The molecule has 0 spiro atoms. The third-order valence-electron chi connectivity index (χ3n) is 9.17. The molecule has 0 fully saturated rings. The van der Waals surface area contributed by atoms with Gasteiger partial charge in [0, 0.05) is 38.5 Å². The molecule has 2 heterocycles. The van der Waals surface area contributed by atoms with E-state index in [0.717, 1.165) is 22.4 Å². The zero-order valence-corrected chi connectivity index (χ0v) is 24.9. The minimum absolute atomic E-state index is 0.654. The van der Waals surface area contributed by atoms with E-state index in [9.17, 15) is 5.26 Å². The molecule has 0 atom stereocenters. The van der Waals surface area contributed by atoms with Gasteiger partial charge in [0.25, 0.3) is 0 Å². The lowest BCUT2D eigenvalue weighted by Crippen LogP contribution is -1.96. The summed E-state index contributed by atoms with van der Waals surface area (Å²) in [6.07, 6.45) is 0. The Labute approximate surface area is 266 Å². The lowest BCUT2D eigenvalue weighted by atomic mass is 9.91. The van der Waals surface area contributed by atoms with Crippen LogP contribution >= 0.6 is 0 Å². The molecular weight excluding hydrogens is 558 g/mol. The van der Waals surface area contributed by atoms with Crippen LogP contribution in [0.25, 0.3) is 77.2 Å². The Morgan fingerprint density at radius 2 is 0.891 bits per heavy atom. The maximum atomic E-state index is 9.42. The summed E-state index contributed by atoms with van der Waals surface area (Å²) in [6, 6.07) is 60.2. The summed E-state index contributed by atoms with van der Waals surface area (Å²) < 4.78 is 4.72. The summed E-state index contributed by atoms with van der Waals surface area (Å²) in [5.41, 5.74) is 12.3. The van der Waals surface area contributed by atoms with E-state index in [2.05, 4.69) is 155 Å². The molecule has 46 heavy (non-hydrogen) atoms. The molecule has 9 aromatic rings. The van der Waals surface area contributed by atoms with E-state index in [0.29, 0.717) is 5.56 Å². The first-order chi connectivity index (χ1) is 22.8. The second-order valence-electron chi connectivity index (χ2n) is 11.6. The lowest BCUT2D eigenvalue weighted by Gasteiger charge is -2.16. The van der Waals surface area contributed by atoms with Crippen molar-refractivity contribution < 1.29 is 0 Å². The van der Waals surface area contributed by atoms with Crippen LogP contribution in [0, 0.1) is 11.3 Å². The molecule has 9 rings (SSSR count). The van der Waals surface area contributed by atoms with Crippen molar-refractivity contribution in [3.05, 3.63) is 169 Å². The van der Waals surface area contributed by atoms with Crippen LogP contribution in [0.15, 0.2) is 164 Å². The number of rotatable bonds is 4. The minimum atomic E-state index is 0.654. The molecule has 7 aromatic carbocycles. The largest absolute Gasteiger partial charge is 0.309 e. The molecule has 0 radical (unpaired) electrons. The van der Waals surface area contributed by atoms with E-state index in [1.165, 1.54) is 54.8 Å². The molecule has 214 valence electrons. The smallest absolute Gasteiger partial charge is 0.0991 e. The van der Waals surface area contributed by atoms with Gasteiger partial charge in [0.15, 0.2) is 0 Å². The molecule has 0 N–H and O–H groups in total. The maximum absolute atomic E-state index is 9.42. The summed E-state index contributed by atoms with van der Waals surface area (Å²) in [5, 5.41) is 14.3. The highest BCUT2D eigenvalue weighted by molar-refractivity contribution is 6.18. The van der Waals surface area contributed by atoms with Crippen molar-refractivity contribution in [3.63, 3.8) is 0 Å². The van der Waals surface area contributed by atoms with E-state index in [4.69, 9.17) is 0 Å². The van der Waals surface area contributed by atoms with Gasteiger partial charge in [0.1, 0.15) is 0 Å². The van der Waals surface area contributed by atoms with Crippen molar-refractivity contribution in [2.45, 2.75) is 0 Å². The van der Waals surface area contributed by atoms with Crippen LogP contribution in [-0.2, 0) is 0 Å². The SMILES string of the molecule is N#Cc1ccc(-n2c3ccccc3c3c(-c4ccccc4-c4cccc5c6ccccc6n(-c6ccccc6)c45)cccc32)cc1. The molecule has 0 bridgehead atoms. The van der Waals surface area contributed by atoms with Gasteiger partial charge in [0.05, 0.1) is 33.7 Å². The Morgan fingerprint density at radius 3 is 1.65 bits per heavy atom. The minimum Gasteiger partial charge on any atom is -0.309 e. The van der Waals surface area contributed by atoms with E-state index in [-0.39, 0.29) is 0 Å². The number of nitriles is 1. The number of aromatic nitrogens is 2. The predicted molar refractivity (Wildman–Crippen MR) is 191 cm³/mol. The average molecular weight is 586 g/mol. The van der Waals surface area contributed by atoms with Gasteiger partial charge in [0.2, 0.25) is 0 Å². The predicted octanol–water partition coefficient (Wildman–Crippen LogP) is 11.1. The van der Waals surface area contributed by atoms with Crippen LogP contribution in [0.4, 0.5) is 0 Å². The van der Waals surface area contributed by atoms with Crippen LogP contribution in [0.5, 0.6) is 0 Å². The fourth-order valence-corrected chi connectivity index (χ4v) is 7.24. The van der Waals surface area contributed by atoms with Crippen molar-refractivity contribution in [2.75, 3.05) is 0 Å². The maximum Gasteiger partial charge on any atom is 0.0991 e. The van der Waals surface area contributed by atoms with Crippen molar-refractivity contribution in [3.8, 4) is 39.7 Å². The van der Waals surface area contributed by atoms with Crippen molar-refractivity contribution >= 4 is 43.6 Å². The first kappa shape index (κ1) is 26.1. The highest BCUT2D eigenvalue weighted by Gasteiger charge is 2.21. The van der Waals surface area contributed by atoms with Gasteiger partial charge in [-0.2, -0.15) is 5.26 Å². The standard InChI is InChI=1S/C43H27N3/c44-28-29-24-26-31(27-25-29)45-40-22-9-7-17-38(40)42-35(18-11-23-41(42)45)32-14-4-5-15-33(32)36-19-10-20-37-34-16-6-8-21-39(34)46(43(36)37)30-12-2-1-3-13-30/h1-27H. The van der Waals surface area contributed by atoms with Crippen LogP contribution in [-0.4, -0.2) is 9.13 Å². The molecule has 2 aromatic heterocycles. The number of nitrogens with zero attached hydrogens (tertiary/aromatic N) is 3. The molecule has 3 heteroatoms. The Bertz CT molecular complexity index is 2630. The summed E-state index contributed by atoms with van der Waals surface area (Å²) in [4.78, 5) is 0. The van der Waals surface area contributed by atoms with Gasteiger partial charge >= 0.3 is 0 Å². The molecule has 0 amide bonds. The third kappa shape index (κ3) is 3.84. The monoisotopic (exact) mass is 585 g/mol. The van der Waals surface area contributed by atoms with E-state index >= 15 is 0 Å². The van der Waals surface area contributed by atoms with Gasteiger partial charge in [-0.15, -0.1) is 0 Å². The van der Waals surface area contributed by atoms with E-state index in [1.54, 1.807) is 0 Å². The first-order valence-corrected chi connectivity index (χ1v) is 15.5. The van der Waals surface area contributed by atoms with Crippen LogP contribution in [0.1, 0.15) is 5.56 Å². The zero-order valence-electron chi connectivity index (χ0n) is 24.9. The summed E-state index contributed by atoms with van der Waals surface area (Å²) in [5.74, 6) is 0. The van der Waals surface area contributed by atoms with Gasteiger partial charge in [-0.05, 0) is 71.3 Å². The molecule has 0 saturated heterocycles. The molecular formula is C43H27N3. The van der Waals surface area contributed by atoms with Crippen LogP contribution in [0.2, 0.25) is 0 Å². The fraction of sp³-hybridized carbons (Fsp3) is 0. The number of hydrogen-bond acceptors (Lipinski definition) is 1. The van der Waals surface area contributed by atoms with Crippen molar-refractivity contribution in [2.24, 2.45) is 0 Å². The summed E-state index contributed by atoms with van der Waals surface area (Å²) >= 11 is 0. The van der Waals surface area contributed by atoms with Crippen molar-refractivity contribution in [1.82, 2.24) is 9.13 Å². The number of benzene rings is 7. The zero-order chi connectivity index (χ0) is 30.6. The normalized spacial score (nSPS) is 11.5. The summed E-state index contributed by atoms with van der Waals surface area (Å²) in [6.45, 7) is 0. The summed E-state index contributed by atoms with van der Waals surface area (Å²) in [7, 11) is 0. The Morgan fingerprint density at radius 1 is 0.370 bits per heavy atom. The Balaban J connectivity index is 1.36. The van der Waals surface area contributed by atoms with E-state index < -0.39 is 0 Å². The molecule has 0 aliphatic carbocycles. The molecule has 0 saturated carbocycles. The highest BCUT2D eigenvalue weighted by atomic mass is 15.0.